The van der Waals surface area contributed by atoms with Crippen molar-refractivity contribution in [2.75, 3.05) is 53.0 Å². The maximum atomic E-state index is 12.9. The molecule has 278 valence electrons. The van der Waals surface area contributed by atoms with Crippen LogP contribution in [0.3, 0.4) is 0 Å². The molecular weight excluding hydrogens is 596 g/mol. The molecule has 0 saturated carbocycles. The minimum absolute atomic E-state index is 0.0102. The van der Waals surface area contributed by atoms with E-state index in [-0.39, 0.29) is 33.8 Å². The fraction of sp³-hybridized carbons (Fsp3) is 0.919. The summed E-state index contributed by atoms with van der Waals surface area (Å²) < 4.78 is 18.4. The van der Waals surface area contributed by atoms with Crippen LogP contribution in [0.15, 0.2) is 0 Å². The lowest BCUT2D eigenvalue weighted by Crippen LogP contribution is -2.39. The summed E-state index contributed by atoms with van der Waals surface area (Å²) in [7, 11) is 1.95. The summed E-state index contributed by atoms with van der Waals surface area (Å²) in [6.07, 6.45) is 6.60. The molecule has 0 bridgehead atoms. The van der Waals surface area contributed by atoms with E-state index >= 15 is 0 Å². The van der Waals surface area contributed by atoms with Gasteiger partial charge >= 0.3 is 0 Å². The normalized spacial score (nSPS) is 13.4. The molecule has 4 N–H and O–H groups in total. The Morgan fingerprint density at radius 3 is 1.62 bits per heavy atom. The lowest BCUT2D eigenvalue weighted by atomic mass is 9.88. The van der Waals surface area contributed by atoms with Crippen molar-refractivity contribution >= 4 is 18.2 Å². The molecule has 0 aliphatic rings. The predicted octanol–water partition coefficient (Wildman–Crippen LogP) is 5.77. The zero-order chi connectivity index (χ0) is 36.4. The van der Waals surface area contributed by atoms with Gasteiger partial charge in [-0.3, -0.25) is 14.4 Å². The van der Waals surface area contributed by atoms with E-state index in [1.54, 1.807) is 0 Å². The van der Waals surface area contributed by atoms with Crippen LogP contribution in [0.2, 0.25) is 0 Å². The third kappa shape index (κ3) is 23.3. The van der Waals surface area contributed by atoms with Crippen molar-refractivity contribution < 1.29 is 28.6 Å². The van der Waals surface area contributed by atoms with E-state index in [9.17, 15) is 14.4 Å². The highest BCUT2D eigenvalue weighted by atomic mass is 16.5. The third-order valence-electron chi connectivity index (χ3n) is 8.98. The Morgan fingerprint density at radius 2 is 1.09 bits per heavy atom. The number of carbonyl (C=O) groups excluding carboxylic acids is 3. The zero-order valence-electron chi connectivity index (χ0n) is 32.6. The number of hydrogen-bond donors (Lipinski definition) is 4. The second kappa shape index (κ2) is 20.7. The van der Waals surface area contributed by atoms with Crippen molar-refractivity contribution in [2.45, 2.75) is 151 Å². The van der Waals surface area contributed by atoms with Gasteiger partial charge in [-0.25, -0.2) is 0 Å². The Labute approximate surface area is 288 Å². The van der Waals surface area contributed by atoms with E-state index in [1.165, 1.54) is 0 Å². The molecule has 0 spiro atoms. The summed E-state index contributed by atoms with van der Waals surface area (Å²) in [6, 6.07) is 0. The molecule has 0 unspecified atom stereocenters. The quantitative estimate of drug-likeness (QED) is 0.0615. The van der Waals surface area contributed by atoms with Crippen LogP contribution in [0, 0.1) is 16.2 Å². The van der Waals surface area contributed by atoms with Gasteiger partial charge in [0.2, 0.25) is 18.2 Å². The van der Waals surface area contributed by atoms with Gasteiger partial charge in [0.25, 0.3) is 0 Å². The van der Waals surface area contributed by atoms with Gasteiger partial charge in [-0.15, -0.1) is 0 Å². The average Bonchev–Trinajstić information content (AvgIpc) is 2.94. The SMILES string of the molecule is CNCCC(C)(C)OCCC(C)(C)CNC(=O)CCC(C)(C)OCCC(C)(C)C(=O)NCCCC(C)(C)OCCC(C)(C)CNC=O. The maximum absolute atomic E-state index is 12.9. The largest absolute Gasteiger partial charge is 0.376 e. The van der Waals surface area contributed by atoms with E-state index in [4.69, 9.17) is 14.2 Å². The van der Waals surface area contributed by atoms with Crippen molar-refractivity contribution in [1.29, 1.82) is 0 Å². The highest BCUT2D eigenvalue weighted by Gasteiger charge is 2.30. The molecule has 0 aromatic carbocycles. The van der Waals surface area contributed by atoms with Gasteiger partial charge < -0.3 is 35.5 Å². The van der Waals surface area contributed by atoms with Gasteiger partial charge in [0, 0.05) is 51.3 Å². The molecule has 10 heteroatoms. The fourth-order valence-electron chi connectivity index (χ4n) is 4.84. The van der Waals surface area contributed by atoms with Gasteiger partial charge in [0.15, 0.2) is 0 Å². The fourth-order valence-corrected chi connectivity index (χ4v) is 4.84. The van der Waals surface area contributed by atoms with Crippen LogP contribution in [-0.2, 0) is 28.6 Å². The molecule has 3 amide bonds. The molecule has 0 heterocycles. The minimum atomic E-state index is -0.571. The van der Waals surface area contributed by atoms with E-state index in [2.05, 4.69) is 76.7 Å². The first kappa shape index (κ1) is 45.2. The Kier molecular flexibility index (Phi) is 19.9. The standard InChI is InChI=1S/C37H74N4O6/c1-32(2,27-39-29-42)19-24-45-35(7,8)16-14-22-40-31(44)34(5,6)21-26-47-36(9,10)17-15-30(43)41-28-33(3,4)20-25-46-37(11,12)18-23-38-13/h29,38H,14-28H2,1-13H3,(H,39,42)(H,40,44)(H,41,43). The molecule has 0 aliphatic heterocycles. The Morgan fingerprint density at radius 1 is 0.596 bits per heavy atom. The highest BCUT2D eigenvalue weighted by molar-refractivity contribution is 5.81. The van der Waals surface area contributed by atoms with Crippen molar-refractivity contribution in [3.63, 3.8) is 0 Å². The zero-order valence-corrected chi connectivity index (χ0v) is 32.6. The third-order valence-corrected chi connectivity index (χ3v) is 8.98. The van der Waals surface area contributed by atoms with Gasteiger partial charge in [-0.05, 0) is 111 Å². The maximum Gasteiger partial charge on any atom is 0.225 e. The lowest BCUT2D eigenvalue weighted by molar-refractivity contribution is -0.131. The van der Waals surface area contributed by atoms with E-state index < -0.39 is 11.0 Å². The Bertz CT molecular complexity index is 915. The van der Waals surface area contributed by atoms with Crippen molar-refractivity contribution in [2.24, 2.45) is 16.2 Å². The van der Waals surface area contributed by atoms with Crippen molar-refractivity contribution in [3.05, 3.63) is 0 Å². The first-order valence-electron chi connectivity index (χ1n) is 17.8. The molecule has 0 atom stereocenters. The number of carbonyl (C=O) groups is 3. The van der Waals surface area contributed by atoms with Crippen molar-refractivity contribution in [1.82, 2.24) is 21.3 Å². The number of rotatable bonds is 28. The Hall–Kier alpha value is -1.75. The predicted molar refractivity (Wildman–Crippen MR) is 192 cm³/mol. The van der Waals surface area contributed by atoms with Gasteiger partial charge in [0.1, 0.15) is 0 Å². The van der Waals surface area contributed by atoms with Gasteiger partial charge in [0.05, 0.1) is 16.8 Å². The average molecular weight is 671 g/mol. The van der Waals surface area contributed by atoms with Crippen molar-refractivity contribution in [3.8, 4) is 0 Å². The van der Waals surface area contributed by atoms with Crippen LogP contribution in [0.25, 0.3) is 0 Å². The molecule has 47 heavy (non-hydrogen) atoms. The molecular formula is C37H74N4O6. The van der Waals surface area contributed by atoms with Crippen LogP contribution >= 0.6 is 0 Å². The molecule has 0 aromatic heterocycles. The number of ether oxygens (including phenoxy) is 3. The lowest BCUT2D eigenvalue weighted by Gasteiger charge is -2.30. The minimum Gasteiger partial charge on any atom is -0.376 e. The summed E-state index contributed by atoms with van der Waals surface area (Å²) in [6.45, 7) is 29.2. The summed E-state index contributed by atoms with van der Waals surface area (Å²) in [5, 5.41) is 12.1. The van der Waals surface area contributed by atoms with Crippen LogP contribution in [0.1, 0.15) is 134 Å². The topological polar surface area (TPSA) is 127 Å². The van der Waals surface area contributed by atoms with Gasteiger partial charge in [-0.1, -0.05) is 41.5 Å². The molecule has 0 radical (unpaired) electrons. The molecule has 0 aliphatic carbocycles. The summed E-state index contributed by atoms with van der Waals surface area (Å²) in [5.74, 6) is 0.0324. The van der Waals surface area contributed by atoms with E-state index in [0.717, 1.165) is 45.1 Å². The second-order valence-electron chi connectivity index (χ2n) is 17.3. The molecule has 0 saturated heterocycles. The smallest absolute Gasteiger partial charge is 0.225 e. The van der Waals surface area contributed by atoms with Crippen LogP contribution in [0.5, 0.6) is 0 Å². The van der Waals surface area contributed by atoms with E-state index in [0.29, 0.717) is 58.7 Å². The molecule has 0 aromatic rings. The van der Waals surface area contributed by atoms with E-state index in [1.807, 2.05) is 34.7 Å². The highest BCUT2D eigenvalue weighted by Crippen LogP contribution is 2.26. The van der Waals surface area contributed by atoms with Gasteiger partial charge in [-0.2, -0.15) is 0 Å². The Balaban J connectivity index is 4.37. The number of nitrogens with one attached hydrogen (secondary N) is 4. The second-order valence-corrected chi connectivity index (χ2v) is 17.3. The van der Waals surface area contributed by atoms with Crippen LogP contribution < -0.4 is 21.3 Å². The molecule has 0 fully saturated rings. The molecule has 0 rings (SSSR count). The summed E-state index contributed by atoms with van der Waals surface area (Å²) in [4.78, 5) is 36.2. The van der Waals surface area contributed by atoms with Crippen LogP contribution in [-0.4, -0.2) is 88.1 Å². The summed E-state index contributed by atoms with van der Waals surface area (Å²) in [5.41, 5.74) is -1.60. The number of hydrogen-bond acceptors (Lipinski definition) is 7. The number of amides is 3. The first-order valence-corrected chi connectivity index (χ1v) is 17.8. The monoisotopic (exact) mass is 671 g/mol. The summed E-state index contributed by atoms with van der Waals surface area (Å²) >= 11 is 0. The van der Waals surface area contributed by atoms with Crippen LogP contribution in [0.4, 0.5) is 0 Å². The first-order chi connectivity index (χ1) is 21.5. The molecule has 10 nitrogen and oxygen atoms in total.